The van der Waals surface area contributed by atoms with E-state index >= 15 is 0 Å². The second-order valence-electron chi connectivity index (χ2n) is 10.2. The van der Waals surface area contributed by atoms with Crippen molar-refractivity contribution in [2.45, 2.75) is 57.8 Å². The van der Waals surface area contributed by atoms with E-state index in [-0.39, 0.29) is 21.5 Å². The first kappa shape index (κ1) is 30.3. The minimum absolute atomic E-state index is 0.131. The molecule has 2 atom stereocenters. The molecular weight excluding hydrogens is 551 g/mol. The summed E-state index contributed by atoms with van der Waals surface area (Å²) in [5.41, 5.74) is 2.08. The quantitative estimate of drug-likeness (QED) is 0.275. The van der Waals surface area contributed by atoms with Crippen LogP contribution in [0.3, 0.4) is 0 Å². The number of methoxy groups -OCH3 is 1. The zero-order valence-corrected chi connectivity index (χ0v) is 25.0. The Kier molecular flexibility index (Phi) is 10.1. The van der Waals surface area contributed by atoms with Gasteiger partial charge in [-0.2, -0.15) is 0 Å². The van der Waals surface area contributed by atoms with Crippen LogP contribution in [0, 0.1) is 0 Å². The minimum Gasteiger partial charge on any atom is -0.497 e. The van der Waals surface area contributed by atoms with Gasteiger partial charge in [0.2, 0.25) is 0 Å². The number of benzene rings is 2. The van der Waals surface area contributed by atoms with Gasteiger partial charge in [-0.3, -0.25) is 4.79 Å². The fourth-order valence-electron chi connectivity index (χ4n) is 5.37. The molecule has 216 valence electrons. The molecule has 2 unspecified atom stereocenters. The molecule has 1 aliphatic heterocycles. The van der Waals surface area contributed by atoms with Crippen molar-refractivity contribution in [3.05, 3.63) is 81.6 Å². The number of rotatable bonds is 11. The fourth-order valence-corrected chi connectivity index (χ4v) is 5.82. The lowest BCUT2D eigenvalue weighted by Gasteiger charge is -2.38. The average Bonchev–Trinajstić information content (AvgIpc) is 3.47. The summed E-state index contributed by atoms with van der Waals surface area (Å²) >= 11 is 13.3. The van der Waals surface area contributed by atoms with Crippen molar-refractivity contribution in [3.8, 4) is 11.5 Å². The Labute approximate surface area is 246 Å². The standard InChI is InChI=1S/C31H38Cl2N2O5/c1-5-31(6-2,20-22-9-11-23(38-4)12-10-22)35-15-7-8-25(35)29(21(3)36)40-26-14-13-24(27(32)28(26)33)30(37)34-16-18-39-19-17-34/h7-15,21,29,36H,5-6,16-20H2,1-4H3. The third kappa shape index (κ3) is 6.28. The summed E-state index contributed by atoms with van der Waals surface area (Å²) in [6, 6.07) is 15.4. The van der Waals surface area contributed by atoms with Crippen molar-refractivity contribution in [2.24, 2.45) is 0 Å². The molecule has 1 aliphatic rings. The molecule has 1 saturated heterocycles. The topological polar surface area (TPSA) is 73.2 Å². The van der Waals surface area contributed by atoms with E-state index in [1.165, 1.54) is 5.56 Å². The highest BCUT2D eigenvalue weighted by atomic mass is 35.5. The lowest BCUT2D eigenvalue weighted by atomic mass is 9.84. The second-order valence-corrected chi connectivity index (χ2v) is 10.9. The van der Waals surface area contributed by atoms with E-state index in [2.05, 4.69) is 30.5 Å². The van der Waals surface area contributed by atoms with Gasteiger partial charge in [0.15, 0.2) is 6.10 Å². The number of aliphatic hydroxyl groups excluding tert-OH is 1. The first-order valence-corrected chi connectivity index (χ1v) is 14.5. The molecule has 1 amide bonds. The summed E-state index contributed by atoms with van der Waals surface area (Å²) in [6.45, 7) is 8.02. The Bertz CT molecular complexity index is 1280. The number of aromatic nitrogens is 1. The van der Waals surface area contributed by atoms with Crippen LogP contribution in [-0.2, 0) is 16.7 Å². The van der Waals surface area contributed by atoms with E-state index < -0.39 is 12.2 Å². The van der Waals surface area contributed by atoms with E-state index in [4.69, 9.17) is 37.4 Å². The first-order chi connectivity index (χ1) is 19.2. The molecule has 0 aliphatic carbocycles. The highest BCUT2D eigenvalue weighted by molar-refractivity contribution is 6.44. The number of halogens is 2. The Morgan fingerprint density at radius 2 is 1.73 bits per heavy atom. The number of carbonyl (C=O) groups excluding carboxylic acids is 1. The minimum atomic E-state index is -0.856. The molecule has 2 heterocycles. The van der Waals surface area contributed by atoms with Crippen LogP contribution in [-0.4, -0.2) is 60.0 Å². The van der Waals surface area contributed by atoms with Gasteiger partial charge < -0.3 is 28.8 Å². The summed E-state index contributed by atoms with van der Waals surface area (Å²) < 4.78 is 19.3. The number of morpholine rings is 1. The Balaban J connectivity index is 1.64. The van der Waals surface area contributed by atoms with Crippen LogP contribution in [0.2, 0.25) is 10.0 Å². The molecule has 1 N–H and O–H groups in total. The third-order valence-corrected chi connectivity index (χ3v) is 8.72. The zero-order valence-electron chi connectivity index (χ0n) is 23.5. The van der Waals surface area contributed by atoms with Gasteiger partial charge in [0.1, 0.15) is 16.5 Å². The van der Waals surface area contributed by atoms with Crippen molar-refractivity contribution >= 4 is 29.1 Å². The summed E-state index contributed by atoms with van der Waals surface area (Å²) in [4.78, 5) is 14.7. The SMILES string of the molecule is CCC(CC)(Cc1ccc(OC)cc1)n1cccc1C(Oc1ccc(C(=O)N2CCOCC2)c(Cl)c1Cl)C(C)O. The number of nitrogens with zero attached hydrogens (tertiary/aromatic N) is 2. The van der Waals surface area contributed by atoms with Gasteiger partial charge in [0.25, 0.3) is 5.91 Å². The molecule has 0 bridgehead atoms. The Morgan fingerprint density at radius 1 is 1.05 bits per heavy atom. The Hall–Kier alpha value is -2.71. The van der Waals surface area contributed by atoms with Gasteiger partial charge in [0.05, 0.1) is 42.7 Å². The van der Waals surface area contributed by atoms with E-state index in [1.807, 2.05) is 30.5 Å². The lowest BCUT2D eigenvalue weighted by Crippen LogP contribution is -2.40. The smallest absolute Gasteiger partial charge is 0.255 e. The summed E-state index contributed by atoms with van der Waals surface area (Å²) in [7, 11) is 1.66. The molecule has 2 aromatic carbocycles. The van der Waals surface area contributed by atoms with Gasteiger partial charge in [-0.15, -0.1) is 0 Å². The molecule has 1 aromatic heterocycles. The second kappa shape index (κ2) is 13.3. The number of hydrogen-bond acceptors (Lipinski definition) is 5. The Morgan fingerprint density at radius 3 is 2.33 bits per heavy atom. The number of hydrogen-bond donors (Lipinski definition) is 1. The molecule has 4 rings (SSSR count). The average molecular weight is 590 g/mol. The molecule has 0 saturated carbocycles. The van der Waals surface area contributed by atoms with Gasteiger partial charge >= 0.3 is 0 Å². The predicted octanol–water partition coefficient (Wildman–Crippen LogP) is 6.53. The van der Waals surface area contributed by atoms with Crippen LogP contribution in [0.1, 0.15) is 61.3 Å². The number of amides is 1. The van der Waals surface area contributed by atoms with Crippen molar-refractivity contribution in [2.75, 3.05) is 33.4 Å². The van der Waals surface area contributed by atoms with Crippen LogP contribution in [0.4, 0.5) is 0 Å². The van der Waals surface area contributed by atoms with E-state index in [0.29, 0.717) is 37.6 Å². The summed E-state index contributed by atoms with van der Waals surface area (Å²) in [6.07, 6.45) is 3.00. The van der Waals surface area contributed by atoms with Gasteiger partial charge in [-0.05, 0) is 68.1 Å². The molecule has 40 heavy (non-hydrogen) atoms. The van der Waals surface area contributed by atoms with Crippen molar-refractivity contribution in [3.63, 3.8) is 0 Å². The molecule has 7 nitrogen and oxygen atoms in total. The van der Waals surface area contributed by atoms with E-state index in [1.54, 1.807) is 31.1 Å². The summed E-state index contributed by atoms with van der Waals surface area (Å²) in [5.74, 6) is 0.925. The number of carbonyl (C=O) groups is 1. The van der Waals surface area contributed by atoms with Crippen molar-refractivity contribution < 1.29 is 24.1 Å². The maximum Gasteiger partial charge on any atom is 0.255 e. The van der Waals surface area contributed by atoms with Gasteiger partial charge in [-0.25, -0.2) is 0 Å². The van der Waals surface area contributed by atoms with Crippen LogP contribution < -0.4 is 9.47 Å². The fraction of sp³-hybridized carbons (Fsp3) is 0.452. The largest absolute Gasteiger partial charge is 0.497 e. The van der Waals surface area contributed by atoms with Gasteiger partial charge in [0, 0.05) is 24.8 Å². The molecular formula is C31H38Cl2N2O5. The molecule has 0 radical (unpaired) electrons. The highest BCUT2D eigenvalue weighted by Gasteiger charge is 2.34. The molecule has 9 heteroatoms. The zero-order chi connectivity index (χ0) is 28.9. The molecule has 3 aromatic rings. The van der Waals surface area contributed by atoms with Crippen LogP contribution in [0.25, 0.3) is 0 Å². The number of ether oxygens (including phenoxy) is 3. The number of aliphatic hydroxyl groups is 1. The third-order valence-electron chi connectivity index (χ3n) is 7.86. The lowest BCUT2D eigenvalue weighted by molar-refractivity contribution is 0.0302. The van der Waals surface area contributed by atoms with Crippen LogP contribution in [0.15, 0.2) is 54.7 Å². The summed E-state index contributed by atoms with van der Waals surface area (Å²) in [5, 5.41) is 11.2. The molecule has 1 fully saturated rings. The normalized spacial score (nSPS) is 15.5. The first-order valence-electron chi connectivity index (χ1n) is 13.7. The van der Waals surface area contributed by atoms with E-state index in [0.717, 1.165) is 30.7 Å². The van der Waals surface area contributed by atoms with Crippen LogP contribution in [0.5, 0.6) is 11.5 Å². The highest BCUT2D eigenvalue weighted by Crippen LogP contribution is 2.40. The maximum atomic E-state index is 13.0. The van der Waals surface area contributed by atoms with Crippen LogP contribution >= 0.6 is 23.2 Å². The monoisotopic (exact) mass is 588 g/mol. The van der Waals surface area contributed by atoms with E-state index in [9.17, 15) is 9.90 Å². The van der Waals surface area contributed by atoms with Crippen molar-refractivity contribution in [1.29, 1.82) is 0 Å². The van der Waals surface area contributed by atoms with Crippen molar-refractivity contribution in [1.82, 2.24) is 9.47 Å². The maximum absolute atomic E-state index is 13.0. The molecule has 0 spiro atoms. The van der Waals surface area contributed by atoms with Gasteiger partial charge in [-0.1, -0.05) is 49.2 Å². The predicted molar refractivity (Wildman–Crippen MR) is 158 cm³/mol.